The minimum atomic E-state index is -0.286. The van der Waals surface area contributed by atoms with Gasteiger partial charge in [0.2, 0.25) is 0 Å². The minimum absolute atomic E-state index is 0.136. The molecule has 1 aromatic carbocycles. The second-order valence-corrected chi connectivity index (χ2v) is 9.95. The first-order valence-electron chi connectivity index (χ1n) is 11.9. The van der Waals surface area contributed by atoms with E-state index >= 15 is 0 Å². The van der Waals surface area contributed by atoms with Crippen molar-refractivity contribution in [1.29, 1.82) is 0 Å². The molecule has 0 spiro atoms. The van der Waals surface area contributed by atoms with E-state index in [-0.39, 0.29) is 23.5 Å². The smallest absolute Gasteiger partial charge is 0.259 e. The van der Waals surface area contributed by atoms with Crippen molar-refractivity contribution in [3.8, 4) is 5.75 Å². The lowest BCUT2D eigenvalue weighted by Gasteiger charge is -2.28. The second-order valence-electron chi connectivity index (χ2n) is 8.92. The van der Waals surface area contributed by atoms with Crippen LogP contribution in [-0.2, 0) is 24.4 Å². The summed E-state index contributed by atoms with van der Waals surface area (Å²) in [7, 11) is 1.74. The number of thiophene rings is 1. The summed E-state index contributed by atoms with van der Waals surface area (Å²) in [6.45, 7) is 9.21. The van der Waals surface area contributed by atoms with Gasteiger partial charge in [0.15, 0.2) is 5.43 Å². The Morgan fingerprint density at radius 1 is 1.11 bits per heavy atom. The Morgan fingerprint density at radius 3 is 2.54 bits per heavy atom. The molecular weight excluding hydrogens is 462 g/mol. The van der Waals surface area contributed by atoms with Gasteiger partial charge in [0.05, 0.1) is 25.5 Å². The van der Waals surface area contributed by atoms with Crippen molar-refractivity contribution in [2.45, 2.75) is 33.5 Å². The normalized spacial score (nSPS) is 14.1. The molecule has 186 valence electrons. The van der Waals surface area contributed by atoms with Crippen molar-refractivity contribution >= 4 is 17.2 Å². The van der Waals surface area contributed by atoms with E-state index in [0.29, 0.717) is 24.5 Å². The van der Waals surface area contributed by atoms with Gasteiger partial charge in [-0.15, -0.1) is 11.3 Å². The summed E-state index contributed by atoms with van der Waals surface area (Å²) in [4.78, 5) is 31.8. The zero-order valence-corrected chi connectivity index (χ0v) is 21.5. The van der Waals surface area contributed by atoms with Gasteiger partial charge in [-0.2, -0.15) is 0 Å². The Morgan fingerprint density at radius 2 is 1.86 bits per heavy atom. The van der Waals surface area contributed by atoms with Gasteiger partial charge in [0.25, 0.3) is 5.91 Å². The number of benzene rings is 1. The molecule has 35 heavy (non-hydrogen) atoms. The molecule has 2 aromatic heterocycles. The third-order valence-corrected chi connectivity index (χ3v) is 7.16. The maximum atomic E-state index is 13.6. The van der Waals surface area contributed by atoms with Crippen LogP contribution in [0, 0.1) is 13.8 Å². The van der Waals surface area contributed by atoms with Crippen LogP contribution in [0.25, 0.3) is 0 Å². The van der Waals surface area contributed by atoms with E-state index in [1.807, 2.05) is 55.6 Å². The van der Waals surface area contributed by atoms with Crippen molar-refractivity contribution in [3.63, 3.8) is 0 Å². The average Bonchev–Trinajstić information content (AvgIpc) is 3.36. The van der Waals surface area contributed by atoms with Crippen LogP contribution in [-0.4, -0.2) is 60.2 Å². The largest absolute Gasteiger partial charge is 0.487 e. The maximum absolute atomic E-state index is 13.6. The van der Waals surface area contributed by atoms with Gasteiger partial charge in [0.1, 0.15) is 17.9 Å². The number of carbonyl (C=O) groups excluding carboxylic acids is 1. The monoisotopic (exact) mass is 495 g/mol. The number of aromatic nitrogens is 1. The van der Waals surface area contributed by atoms with E-state index in [2.05, 4.69) is 9.47 Å². The Bertz CT molecular complexity index is 1180. The SMILES string of the molecule is Cc1ccc(OCc2c(C(=O)N(C)Cc3cccs3)c(=O)cc(C)n2CCN2CCOCC2)cc1. The highest BCUT2D eigenvalue weighted by atomic mass is 32.1. The summed E-state index contributed by atoms with van der Waals surface area (Å²) >= 11 is 1.59. The van der Waals surface area contributed by atoms with E-state index in [9.17, 15) is 9.59 Å². The summed E-state index contributed by atoms with van der Waals surface area (Å²) in [5, 5.41) is 1.99. The first kappa shape index (κ1) is 25.2. The predicted octanol–water partition coefficient (Wildman–Crippen LogP) is 3.71. The van der Waals surface area contributed by atoms with Crippen LogP contribution in [0.15, 0.2) is 52.6 Å². The van der Waals surface area contributed by atoms with Crippen molar-refractivity contribution in [3.05, 3.63) is 85.5 Å². The first-order valence-corrected chi connectivity index (χ1v) is 12.8. The van der Waals surface area contributed by atoms with Gasteiger partial charge in [-0.3, -0.25) is 14.5 Å². The van der Waals surface area contributed by atoms with Gasteiger partial charge in [-0.1, -0.05) is 23.8 Å². The number of carbonyl (C=O) groups is 1. The zero-order valence-electron chi connectivity index (χ0n) is 20.7. The molecule has 4 rings (SSSR count). The maximum Gasteiger partial charge on any atom is 0.259 e. The standard InChI is InChI=1S/C27H33N3O4S/c1-20-6-8-22(9-7-20)34-19-24-26(27(32)28(3)18-23-5-4-16-35-23)25(31)17-21(2)30(24)11-10-29-12-14-33-15-13-29/h4-9,16-17H,10-15,18-19H2,1-3H3. The van der Waals surface area contributed by atoms with Crippen LogP contribution < -0.4 is 10.2 Å². The number of pyridine rings is 1. The Kier molecular flexibility index (Phi) is 8.38. The molecule has 3 heterocycles. The third-order valence-electron chi connectivity index (χ3n) is 6.30. The Labute approximate surface area is 210 Å². The predicted molar refractivity (Wildman–Crippen MR) is 138 cm³/mol. The summed E-state index contributed by atoms with van der Waals surface area (Å²) < 4.78 is 13.6. The average molecular weight is 496 g/mol. The highest BCUT2D eigenvalue weighted by Gasteiger charge is 2.24. The van der Waals surface area contributed by atoms with Crippen molar-refractivity contribution in [2.24, 2.45) is 0 Å². The molecule has 0 radical (unpaired) electrons. The quantitative estimate of drug-likeness (QED) is 0.453. The number of hydrogen-bond acceptors (Lipinski definition) is 6. The molecule has 3 aromatic rings. The molecular formula is C27H33N3O4S. The number of ether oxygens (including phenoxy) is 2. The molecule has 1 aliphatic rings. The highest BCUT2D eigenvalue weighted by molar-refractivity contribution is 7.09. The minimum Gasteiger partial charge on any atom is -0.487 e. The highest BCUT2D eigenvalue weighted by Crippen LogP contribution is 2.19. The van der Waals surface area contributed by atoms with Crippen LogP contribution in [0.5, 0.6) is 5.75 Å². The lowest BCUT2D eigenvalue weighted by atomic mass is 10.1. The van der Waals surface area contributed by atoms with Crippen LogP contribution >= 0.6 is 11.3 Å². The fraction of sp³-hybridized carbons (Fsp3) is 0.407. The molecule has 1 fully saturated rings. The molecule has 0 unspecified atom stereocenters. The van der Waals surface area contributed by atoms with Crippen LogP contribution in [0.1, 0.15) is 32.2 Å². The van der Waals surface area contributed by atoms with E-state index in [1.165, 1.54) is 0 Å². The van der Waals surface area contributed by atoms with Gasteiger partial charge in [-0.05, 0) is 37.4 Å². The first-order chi connectivity index (χ1) is 16.9. The molecule has 1 aliphatic heterocycles. The summed E-state index contributed by atoms with van der Waals surface area (Å²) in [6.07, 6.45) is 0. The van der Waals surface area contributed by atoms with E-state index < -0.39 is 0 Å². The summed E-state index contributed by atoms with van der Waals surface area (Å²) in [6, 6.07) is 13.3. The molecule has 0 N–H and O–H groups in total. The Balaban J connectivity index is 1.65. The number of morpholine rings is 1. The summed E-state index contributed by atoms with van der Waals surface area (Å²) in [5.74, 6) is 0.417. The fourth-order valence-electron chi connectivity index (χ4n) is 4.27. The molecule has 0 atom stereocenters. The molecule has 8 heteroatoms. The number of rotatable bonds is 9. The van der Waals surface area contributed by atoms with Gasteiger partial charge < -0.3 is 18.9 Å². The number of nitrogens with zero attached hydrogens (tertiary/aromatic N) is 3. The van der Waals surface area contributed by atoms with Crippen LogP contribution in [0.4, 0.5) is 0 Å². The molecule has 0 aliphatic carbocycles. The number of hydrogen-bond donors (Lipinski definition) is 0. The van der Waals surface area contributed by atoms with Crippen molar-refractivity contribution in [2.75, 3.05) is 39.9 Å². The molecule has 7 nitrogen and oxygen atoms in total. The van der Waals surface area contributed by atoms with Crippen LogP contribution in [0.2, 0.25) is 0 Å². The van der Waals surface area contributed by atoms with Gasteiger partial charge in [0, 0.05) is 49.9 Å². The summed E-state index contributed by atoms with van der Waals surface area (Å²) in [5.41, 5.74) is 2.50. The number of amides is 1. The molecule has 0 bridgehead atoms. The number of aryl methyl sites for hydroxylation is 2. The Hall–Kier alpha value is -2.94. The molecule has 0 saturated carbocycles. The molecule has 1 amide bonds. The topological polar surface area (TPSA) is 64.0 Å². The van der Waals surface area contributed by atoms with E-state index in [1.54, 1.807) is 29.4 Å². The van der Waals surface area contributed by atoms with Gasteiger partial charge >= 0.3 is 0 Å². The third kappa shape index (κ3) is 6.39. The van der Waals surface area contributed by atoms with Gasteiger partial charge in [-0.25, -0.2) is 0 Å². The molecule has 1 saturated heterocycles. The van der Waals surface area contributed by atoms with Crippen LogP contribution in [0.3, 0.4) is 0 Å². The lowest BCUT2D eigenvalue weighted by molar-refractivity contribution is 0.0361. The van der Waals surface area contributed by atoms with E-state index in [4.69, 9.17) is 9.47 Å². The van der Waals surface area contributed by atoms with Crippen molar-refractivity contribution < 1.29 is 14.3 Å². The van der Waals surface area contributed by atoms with E-state index in [0.717, 1.165) is 49.0 Å². The lowest BCUT2D eigenvalue weighted by Crippen LogP contribution is -2.39. The fourth-order valence-corrected chi connectivity index (χ4v) is 5.03. The second kappa shape index (κ2) is 11.7. The zero-order chi connectivity index (χ0) is 24.8. The van der Waals surface area contributed by atoms with Crippen molar-refractivity contribution in [1.82, 2.24) is 14.4 Å².